The predicted octanol–water partition coefficient (Wildman–Crippen LogP) is 4.08. The molecule has 0 aliphatic carbocycles. The van der Waals surface area contributed by atoms with Gasteiger partial charge in [0.15, 0.2) is 5.16 Å². The summed E-state index contributed by atoms with van der Waals surface area (Å²) in [7, 11) is 0. The van der Waals surface area contributed by atoms with Gasteiger partial charge in [0.25, 0.3) is 11.5 Å². The minimum Gasteiger partial charge on any atom is -0.272 e. The van der Waals surface area contributed by atoms with Gasteiger partial charge in [-0.05, 0) is 42.6 Å². The molecule has 2 aromatic carbocycles. The number of hydrazone groups is 1. The number of benzene rings is 2. The van der Waals surface area contributed by atoms with Gasteiger partial charge >= 0.3 is 0 Å². The number of para-hydroxylation sites is 2. The Morgan fingerprint density at radius 3 is 2.63 bits per heavy atom. The van der Waals surface area contributed by atoms with Crippen LogP contribution >= 0.6 is 23.1 Å². The first-order valence-electron chi connectivity index (χ1n) is 9.20. The van der Waals surface area contributed by atoms with Crippen molar-refractivity contribution in [2.75, 3.05) is 5.75 Å². The van der Waals surface area contributed by atoms with Crippen LogP contribution in [0.15, 0.2) is 87.2 Å². The van der Waals surface area contributed by atoms with Crippen molar-refractivity contribution in [3.63, 3.8) is 0 Å². The molecule has 0 spiro atoms. The molecule has 0 aliphatic rings. The van der Waals surface area contributed by atoms with Crippen LogP contribution in [0.5, 0.6) is 0 Å². The van der Waals surface area contributed by atoms with Gasteiger partial charge in [0.1, 0.15) is 0 Å². The van der Waals surface area contributed by atoms with Crippen molar-refractivity contribution in [2.45, 2.75) is 12.1 Å². The summed E-state index contributed by atoms with van der Waals surface area (Å²) in [6.45, 7) is 1.84. The van der Waals surface area contributed by atoms with Crippen molar-refractivity contribution in [1.82, 2.24) is 15.0 Å². The Labute approximate surface area is 181 Å². The Bertz CT molecular complexity index is 1270. The van der Waals surface area contributed by atoms with E-state index in [1.807, 2.05) is 66.9 Å². The minimum absolute atomic E-state index is 0.0822. The summed E-state index contributed by atoms with van der Waals surface area (Å²) in [6.07, 6.45) is 0. The highest BCUT2D eigenvalue weighted by Gasteiger charge is 2.14. The van der Waals surface area contributed by atoms with E-state index in [1.54, 1.807) is 28.0 Å². The summed E-state index contributed by atoms with van der Waals surface area (Å²) in [5.74, 6) is -0.184. The molecule has 2 heterocycles. The zero-order valence-electron chi connectivity index (χ0n) is 16.1. The summed E-state index contributed by atoms with van der Waals surface area (Å²) in [5, 5.41) is 7.10. The van der Waals surface area contributed by atoms with E-state index >= 15 is 0 Å². The van der Waals surface area contributed by atoms with Crippen molar-refractivity contribution < 1.29 is 4.79 Å². The summed E-state index contributed by atoms with van der Waals surface area (Å²) < 4.78 is 1.54. The summed E-state index contributed by atoms with van der Waals surface area (Å²) in [5.41, 5.74) is 4.46. The van der Waals surface area contributed by atoms with Crippen molar-refractivity contribution in [1.29, 1.82) is 0 Å². The second-order valence-corrected chi connectivity index (χ2v) is 8.28. The number of carbonyl (C=O) groups is 1. The van der Waals surface area contributed by atoms with Crippen molar-refractivity contribution in [3.05, 3.63) is 87.3 Å². The van der Waals surface area contributed by atoms with Gasteiger partial charge in [-0.25, -0.2) is 10.4 Å². The van der Waals surface area contributed by atoms with Crippen LogP contribution in [0.2, 0.25) is 0 Å². The molecule has 0 radical (unpaired) electrons. The lowest BCUT2D eigenvalue weighted by Crippen LogP contribution is -2.24. The monoisotopic (exact) mass is 434 g/mol. The molecule has 8 heteroatoms. The van der Waals surface area contributed by atoms with Gasteiger partial charge in [-0.15, -0.1) is 11.3 Å². The number of fused-ring (bicyclic) bond motifs is 1. The average Bonchev–Trinajstić information content (AvgIpc) is 3.32. The second kappa shape index (κ2) is 9.06. The average molecular weight is 435 g/mol. The highest BCUT2D eigenvalue weighted by atomic mass is 32.2. The number of hydrogen-bond acceptors (Lipinski definition) is 6. The number of carbonyl (C=O) groups excluding carboxylic acids is 1. The lowest BCUT2D eigenvalue weighted by Gasteiger charge is -2.12. The summed E-state index contributed by atoms with van der Waals surface area (Å²) in [6, 6.07) is 20.4. The van der Waals surface area contributed by atoms with Gasteiger partial charge in [-0.3, -0.25) is 14.2 Å². The lowest BCUT2D eigenvalue weighted by atomic mass is 10.2. The topological polar surface area (TPSA) is 76.3 Å². The number of nitrogens with one attached hydrogen (secondary N) is 1. The summed E-state index contributed by atoms with van der Waals surface area (Å²) >= 11 is 2.76. The van der Waals surface area contributed by atoms with Gasteiger partial charge in [-0.2, -0.15) is 5.10 Å². The van der Waals surface area contributed by atoms with Crippen LogP contribution in [0.4, 0.5) is 0 Å². The van der Waals surface area contributed by atoms with Gasteiger partial charge in [0, 0.05) is 4.88 Å². The Kier molecular flexibility index (Phi) is 6.06. The largest absolute Gasteiger partial charge is 0.272 e. The molecule has 0 saturated heterocycles. The van der Waals surface area contributed by atoms with Crippen molar-refractivity contribution in [2.24, 2.45) is 5.10 Å². The number of aromatic nitrogens is 2. The molecule has 1 amide bonds. The molecule has 4 rings (SSSR count). The Balaban J connectivity index is 1.60. The molecule has 0 bridgehead atoms. The third-order valence-electron chi connectivity index (χ3n) is 4.32. The first-order chi connectivity index (χ1) is 14.6. The molecule has 150 valence electrons. The number of thioether (sulfide) groups is 1. The fraction of sp³-hybridized carbons (Fsp3) is 0.0909. The molecule has 0 saturated carbocycles. The van der Waals surface area contributed by atoms with E-state index in [0.717, 1.165) is 10.6 Å². The van der Waals surface area contributed by atoms with Gasteiger partial charge < -0.3 is 0 Å². The first-order valence-corrected chi connectivity index (χ1v) is 11.1. The van der Waals surface area contributed by atoms with Crippen LogP contribution in [0, 0.1) is 0 Å². The standard InChI is InChI=1S/C22H18N4O2S2/c1-15(19-12-7-13-29-19)24-25-20(27)14-30-22-23-18-11-6-5-10-17(18)21(28)26(22)16-8-3-2-4-9-16/h2-13H,14H2,1H3,(H,25,27). The lowest BCUT2D eigenvalue weighted by molar-refractivity contribution is -0.118. The number of thiophene rings is 1. The maximum atomic E-state index is 13.1. The van der Waals surface area contributed by atoms with Crippen molar-refractivity contribution >= 4 is 45.6 Å². The zero-order chi connectivity index (χ0) is 20.9. The quantitative estimate of drug-likeness (QED) is 0.215. The molecule has 30 heavy (non-hydrogen) atoms. The van der Waals surface area contributed by atoms with Crippen LogP contribution in [0.25, 0.3) is 16.6 Å². The molecule has 2 aromatic heterocycles. The molecule has 6 nitrogen and oxygen atoms in total. The van der Waals surface area contributed by atoms with E-state index in [4.69, 9.17) is 0 Å². The van der Waals surface area contributed by atoms with Crippen LogP contribution < -0.4 is 11.0 Å². The first kappa shape index (κ1) is 20.1. The molecule has 0 atom stereocenters. The van der Waals surface area contributed by atoms with Crippen LogP contribution in [-0.4, -0.2) is 26.9 Å². The Hall–Kier alpha value is -3.23. The molecule has 1 N–H and O–H groups in total. The molecule has 0 unspecified atom stereocenters. The molecule has 0 aliphatic heterocycles. The maximum Gasteiger partial charge on any atom is 0.266 e. The zero-order valence-corrected chi connectivity index (χ0v) is 17.7. The third kappa shape index (κ3) is 4.34. The number of rotatable bonds is 6. The minimum atomic E-state index is -0.266. The van der Waals surface area contributed by atoms with Crippen LogP contribution in [0.3, 0.4) is 0 Å². The fourth-order valence-electron chi connectivity index (χ4n) is 2.86. The van der Waals surface area contributed by atoms with Crippen LogP contribution in [-0.2, 0) is 4.79 Å². The molecule has 0 fully saturated rings. The van der Waals surface area contributed by atoms with E-state index in [2.05, 4.69) is 15.5 Å². The molecular weight excluding hydrogens is 416 g/mol. The van der Waals surface area contributed by atoms with E-state index in [-0.39, 0.29) is 17.2 Å². The number of nitrogens with zero attached hydrogens (tertiary/aromatic N) is 3. The summed E-state index contributed by atoms with van der Waals surface area (Å²) in [4.78, 5) is 31.1. The fourth-order valence-corrected chi connectivity index (χ4v) is 4.34. The highest BCUT2D eigenvalue weighted by molar-refractivity contribution is 7.99. The van der Waals surface area contributed by atoms with E-state index in [9.17, 15) is 9.59 Å². The predicted molar refractivity (Wildman–Crippen MR) is 123 cm³/mol. The van der Waals surface area contributed by atoms with Gasteiger partial charge in [-0.1, -0.05) is 48.2 Å². The smallest absolute Gasteiger partial charge is 0.266 e. The normalized spacial score (nSPS) is 11.6. The number of hydrogen-bond donors (Lipinski definition) is 1. The SMILES string of the molecule is CC(=NNC(=O)CSc1nc2ccccc2c(=O)n1-c1ccccc1)c1cccs1. The molecule has 4 aromatic rings. The van der Waals surface area contributed by atoms with E-state index in [1.165, 1.54) is 11.8 Å². The van der Waals surface area contributed by atoms with Gasteiger partial charge in [0.05, 0.1) is 28.1 Å². The third-order valence-corrected chi connectivity index (χ3v) is 6.23. The Morgan fingerprint density at radius 2 is 1.87 bits per heavy atom. The van der Waals surface area contributed by atoms with E-state index < -0.39 is 0 Å². The maximum absolute atomic E-state index is 13.1. The van der Waals surface area contributed by atoms with Gasteiger partial charge in [0.2, 0.25) is 0 Å². The highest BCUT2D eigenvalue weighted by Crippen LogP contribution is 2.21. The molecular formula is C22H18N4O2S2. The van der Waals surface area contributed by atoms with Crippen molar-refractivity contribution in [3.8, 4) is 5.69 Å². The Morgan fingerprint density at radius 1 is 1.10 bits per heavy atom. The number of amides is 1. The second-order valence-electron chi connectivity index (χ2n) is 6.39. The van der Waals surface area contributed by atoms with E-state index in [0.29, 0.717) is 21.7 Å². The van der Waals surface area contributed by atoms with Crippen LogP contribution in [0.1, 0.15) is 11.8 Å².